The lowest BCUT2D eigenvalue weighted by Crippen LogP contribution is -2.12. The predicted octanol–water partition coefficient (Wildman–Crippen LogP) is 3.79. The summed E-state index contributed by atoms with van der Waals surface area (Å²) in [6.07, 6.45) is 0. The highest BCUT2D eigenvalue weighted by Gasteiger charge is 2.06. The maximum absolute atomic E-state index is 5.82. The summed E-state index contributed by atoms with van der Waals surface area (Å²) in [7, 11) is 0. The molecule has 2 aromatic carbocycles. The molecule has 0 aliphatic heterocycles. The molecule has 0 radical (unpaired) electrons. The maximum atomic E-state index is 5.82. The van der Waals surface area contributed by atoms with Crippen molar-refractivity contribution in [2.75, 3.05) is 26.4 Å². The lowest BCUT2D eigenvalue weighted by atomic mass is 10.2. The first kappa shape index (κ1) is 18.3. The first-order valence-corrected chi connectivity index (χ1v) is 8.54. The Morgan fingerprint density at radius 2 is 1.67 bits per heavy atom. The Labute approximate surface area is 144 Å². The van der Waals surface area contributed by atoms with Gasteiger partial charge >= 0.3 is 0 Å². The largest absolute Gasteiger partial charge is 0.490 e. The molecule has 0 heterocycles. The van der Waals surface area contributed by atoms with Crippen LogP contribution in [0.3, 0.4) is 0 Å². The molecule has 0 saturated carbocycles. The van der Waals surface area contributed by atoms with Gasteiger partial charge in [0.1, 0.15) is 6.61 Å². The summed E-state index contributed by atoms with van der Waals surface area (Å²) in [6, 6.07) is 16.2. The summed E-state index contributed by atoms with van der Waals surface area (Å²) in [5.41, 5.74) is 2.35. The van der Waals surface area contributed by atoms with Gasteiger partial charge in [0, 0.05) is 6.54 Å². The number of hydrogen-bond acceptors (Lipinski definition) is 4. The zero-order chi connectivity index (χ0) is 17.0. The maximum Gasteiger partial charge on any atom is 0.161 e. The third-order valence-corrected chi connectivity index (χ3v) is 3.48. The van der Waals surface area contributed by atoms with Crippen LogP contribution in [0.5, 0.6) is 11.5 Å². The van der Waals surface area contributed by atoms with Crippen LogP contribution in [-0.4, -0.2) is 26.4 Å². The van der Waals surface area contributed by atoms with Gasteiger partial charge in [-0.15, -0.1) is 0 Å². The number of rotatable bonds is 11. The number of hydrogen-bond donors (Lipinski definition) is 1. The van der Waals surface area contributed by atoms with E-state index in [0.29, 0.717) is 26.4 Å². The molecule has 0 spiro atoms. The minimum Gasteiger partial charge on any atom is -0.490 e. The number of ether oxygens (including phenoxy) is 3. The Bertz CT molecular complexity index is 587. The normalized spacial score (nSPS) is 10.6. The average molecular weight is 329 g/mol. The molecule has 2 aromatic rings. The van der Waals surface area contributed by atoms with Gasteiger partial charge in [0.15, 0.2) is 11.5 Å². The second kappa shape index (κ2) is 10.7. The molecule has 24 heavy (non-hydrogen) atoms. The Morgan fingerprint density at radius 1 is 0.833 bits per heavy atom. The van der Waals surface area contributed by atoms with E-state index >= 15 is 0 Å². The molecule has 0 bridgehead atoms. The Kier molecular flexibility index (Phi) is 8.15. The smallest absolute Gasteiger partial charge is 0.161 e. The Hall–Kier alpha value is -2.04. The molecule has 0 unspecified atom stereocenters. The van der Waals surface area contributed by atoms with Crippen LogP contribution in [0.4, 0.5) is 0 Å². The quantitative estimate of drug-likeness (QED) is 0.637. The van der Waals surface area contributed by atoms with E-state index in [-0.39, 0.29) is 0 Å². The van der Waals surface area contributed by atoms with Gasteiger partial charge in [-0.05, 0) is 36.7 Å². The van der Waals surface area contributed by atoms with Crippen LogP contribution in [0.15, 0.2) is 48.5 Å². The monoisotopic (exact) mass is 329 g/mol. The van der Waals surface area contributed by atoms with Crippen molar-refractivity contribution in [2.24, 2.45) is 0 Å². The Balaban J connectivity index is 1.80. The van der Waals surface area contributed by atoms with Crippen molar-refractivity contribution < 1.29 is 14.2 Å². The summed E-state index contributed by atoms with van der Waals surface area (Å²) in [5, 5.41) is 3.31. The third-order valence-electron chi connectivity index (χ3n) is 3.48. The van der Waals surface area contributed by atoms with Gasteiger partial charge < -0.3 is 19.5 Å². The summed E-state index contributed by atoms with van der Waals surface area (Å²) >= 11 is 0. The summed E-state index contributed by atoms with van der Waals surface area (Å²) < 4.78 is 17.1. The van der Waals surface area contributed by atoms with Gasteiger partial charge in [0.2, 0.25) is 0 Å². The fourth-order valence-electron chi connectivity index (χ4n) is 2.29. The van der Waals surface area contributed by atoms with Gasteiger partial charge in [0.05, 0.1) is 19.8 Å². The molecule has 4 nitrogen and oxygen atoms in total. The first-order chi connectivity index (χ1) is 11.8. The zero-order valence-corrected chi connectivity index (χ0v) is 14.6. The van der Waals surface area contributed by atoms with E-state index in [1.165, 1.54) is 11.1 Å². The summed E-state index contributed by atoms with van der Waals surface area (Å²) in [4.78, 5) is 0. The minimum atomic E-state index is 0.499. The molecule has 0 aliphatic rings. The highest BCUT2D eigenvalue weighted by Crippen LogP contribution is 2.28. The van der Waals surface area contributed by atoms with E-state index in [2.05, 4.69) is 30.4 Å². The fraction of sp³-hybridized carbons (Fsp3) is 0.400. The van der Waals surface area contributed by atoms with Crippen LogP contribution in [0.1, 0.15) is 25.0 Å². The average Bonchev–Trinajstić information content (AvgIpc) is 2.62. The van der Waals surface area contributed by atoms with E-state index in [1.54, 1.807) is 0 Å². The van der Waals surface area contributed by atoms with Crippen molar-refractivity contribution in [3.05, 3.63) is 59.7 Å². The van der Waals surface area contributed by atoms with Crippen molar-refractivity contribution >= 4 is 0 Å². The topological polar surface area (TPSA) is 39.7 Å². The van der Waals surface area contributed by atoms with Crippen molar-refractivity contribution in [1.82, 2.24) is 5.32 Å². The fourth-order valence-corrected chi connectivity index (χ4v) is 2.29. The summed E-state index contributed by atoms with van der Waals surface area (Å²) in [6.45, 7) is 8.10. The molecule has 2 rings (SSSR count). The first-order valence-electron chi connectivity index (χ1n) is 8.54. The molecular weight excluding hydrogens is 302 g/mol. The predicted molar refractivity (Wildman–Crippen MR) is 96.6 cm³/mol. The molecule has 0 aromatic heterocycles. The van der Waals surface area contributed by atoms with Crippen LogP contribution in [0.2, 0.25) is 0 Å². The standard InChI is InChI=1S/C20H27NO3/c1-3-21-15-18-10-11-19(20(14-18)23-4-2)24-13-12-22-16-17-8-6-5-7-9-17/h5-11,14,21H,3-4,12-13,15-16H2,1-2H3. The van der Waals surface area contributed by atoms with Crippen LogP contribution in [0.25, 0.3) is 0 Å². The molecule has 0 saturated heterocycles. The molecule has 4 heteroatoms. The van der Waals surface area contributed by atoms with Crippen molar-refractivity contribution in [3.63, 3.8) is 0 Å². The van der Waals surface area contributed by atoms with Gasteiger partial charge in [-0.3, -0.25) is 0 Å². The van der Waals surface area contributed by atoms with Crippen LogP contribution < -0.4 is 14.8 Å². The Morgan fingerprint density at radius 3 is 2.42 bits per heavy atom. The molecule has 0 aliphatic carbocycles. The van der Waals surface area contributed by atoms with Crippen LogP contribution >= 0.6 is 0 Å². The minimum absolute atomic E-state index is 0.499. The van der Waals surface area contributed by atoms with Crippen LogP contribution in [-0.2, 0) is 17.9 Å². The van der Waals surface area contributed by atoms with Crippen molar-refractivity contribution in [3.8, 4) is 11.5 Å². The van der Waals surface area contributed by atoms with Crippen molar-refractivity contribution in [1.29, 1.82) is 0 Å². The highest BCUT2D eigenvalue weighted by molar-refractivity contribution is 5.43. The van der Waals surface area contributed by atoms with E-state index in [0.717, 1.165) is 24.6 Å². The molecule has 0 atom stereocenters. The van der Waals surface area contributed by atoms with E-state index in [1.807, 2.05) is 37.3 Å². The van der Waals surface area contributed by atoms with Gasteiger partial charge in [0.25, 0.3) is 0 Å². The second-order valence-corrected chi connectivity index (χ2v) is 5.38. The summed E-state index contributed by atoms with van der Waals surface area (Å²) in [5.74, 6) is 1.55. The lowest BCUT2D eigenvalue weighted by Gasteiger charge is -2.14. The van der Waals surface area contributed by atoms with Gasteiger partial charge in [-0.25, -0.2) is 0 Å². The van der Waals surface area contributed by atoms with E-state index < -0.39 is 0 Å². The number of nitrogens with one attached hydrogen (secondary N) is 1. The van der Waals surface area contributed by atoms with Gasteiger partial charge in [-0.2, -0.15) is 0 Å². The lowest BCUT2D eigenvalue weighted by molar-refractivity contribution is 0.0877. The number of benzene rings is 2. The second-order valence-electron chi connectivity index (χ2n) is 5.38. The van der Waals surface area contributed by atoms with E-state index in [9.17, 15) is 0 Å². The zero-order valence-electron chi connectivity index (χ0n) is 14.6. The van der Waals surface area contributed by atoms with Gasteiger partial charge in [-0.1, -0.05) is 43.3 Å². The SMILES string of the molecule is CCNCc1ccc(OCCOCc2ccccc2)c(OCC)c1. The molecule has 130 valence electrons. The molecule has 0 fully saturated rings. The third kappa shape index (κ3) is 6.22. The highest BCUT2D eigenvalue weighted by atomic mass is 16.5. The van der Waals surface area contributed by atoms with Crippen molar-refractivity contribution in [2.45, 2.75) is 27.0 Å². The molecule has 0 amide bonds. The molecule has 1 N–H and O–H groups in total. The molecular formula is C20H27NO3. The van der Waals surface area contributed by atoms with E-state index in [4.69, 9.17) is 14.2 Å². The van der Waals surface area contributed by atoms with Crippen LogP contribution in [0, 0.1) is 0 Å².